The fraction of sp³-hybridized carbons (Fsp3) is 0.310. The summed E-state index contributed by atoms with van der Waals surface area (Å²) in [5, 5.41) is 3.01. The Kier molecular flexibility index (Phi) is 8.03. The number of benzene rings is 3. The van der Waals surface area contributed by atoms with E-state index in [1.165, 1.54) is 11.1 Å². The molecule has 1 N–H and O–H groups in total. The summed E-state index contributed by atoms with van der Waals surface area (Å²) in [6.45, 7) is 6.24. The van der Waals surface area contributed by atoms with Crippen LogP contribution >= 0.6 is 0 Å². The molecule has 6 heteroatoms. The Bertz CT molecular complexity index is 1280. The minimum absolute atomic E-state index is 0.0983. The number of hydrogen-bond acceptors (Lipinski definition) is 4. The number of imidazole rings is 1. The van der Waals surface area contributed by atoms with Crippen molar-refractivity contribution >= 4 is 16.9 Å². The monoisotopic (exact) mass is 471 g/mol. The van der Waals surface area contributed by atoms with Gasteiger partial charge in [-0.15, -0.1) is 0 Å². The number of nitrogens with zero attached hydrogens (tertiary/aromatic N) is 2. The number of para-hydroxylation sites is 2. The molecule has 4 rings (SSSR count). The first-order chi connectivity index (χ1) is 17.0. The summed E-state index contributed by atoms with van der Waals surface area (Å²) >= 11 is 0. The molecule has 0 atom stereocenters. The number of nitrogens with one attached hydrogen (secondary N) is 1. The second-order valence-corrected chi connectivity index (χ2v) is 8.73. The van der Waals surface area contributed by atoms with Crippen molar-refractivity contribution in [2.75, 3.05) is 20.3 Å². The van der Waals surface area contributed by atoms with Gasteiger partial charge in [0.25, 0.3) is 5.91 Å². The van der Waals surface area contributed by atoms with E-state index in [1.54, 1.807) is 31.4 Å². The highest BCUT2D eigenvalue weighted by Crippen LogP contribution is 2.20. The van der Waals surface area contributed by atoms with Gasteiger partial charge in [-0.2, -0.15) is 0 Å². The smallest absolute Gasteiger partial charge is 0.251 e. The predicted octanol–water partition coefficient (Wildman–Crippen LogP) is 5.49. The largest absolute Gasteiger partial charge is 0.497 e. The van der Waals surface area contributed by atoms with Gasteiger partial charge in [-0.05, 0) is 74.7 Å². The summed E-state index contributed by atoms with van der Waals surface area (Å²) < 4.78 is 13.4. The highest BCUT2D eigenvalue weighted by Gasteiger charge is 2.12. The van der Waals surface area contributed by atoms with Crippen LogP contribution in [-0.2, 0) is 13.0 Å². The summed E-state index contributed by atoms with van der Waals surface area (Å²) in [5.74, 6) is 2.57. The van der Waals surface area contributed by atoms with Crippen LogP contribution < -0.4 is 14.8 Å². The average Bonchev–Trinajstić information content (AvgIpc) is 3.22. The van der Waals surface area contributed by atoms with Crippen molar-refractivity contribution in [2.45, 2.75) is 39.7 Å². The minimum Gasteiger partial charge on any atom is -0.497 e. The van der Waals surface area contributed by atoms with Crippen LogP contribution in [0.2, 0.25) is 0 Å². The first kappa shape index (κ1) is 24.3. The van der Waals surface area contributed by atoms with E-state index in [-0.39, 0.29) is 5.91 Å². The van der Waals surface area contributed by atoms with Crippen molar-refractivity contribution in [1.82, 2.24) is 14.9 Å². The van der Waals surface area contributed by atoms with Gasteiger partial charge in [0.2, 0.25) is 0 Å². The fourth-order valence-corrected chi connectivity index (χ4v) is 4.21. The highest BCUT2D eigenvalue weighted by molar-refractivity contribution is 5.94. The summed E-state index contributed by atoms with van der Waals surface area (Å²) in [7, 11) is 1.61. The quantitative estimate of drug-likeness (QED) is 0.294. The second kappa shape index (κ2) is 11.6. The summed E-state index contributed by atoms with van der Waals surface area (Å²) in [6.07, 6.45) is 2.60. The Morgan fingerprint density at radius 1 is 1.00 bits per heavy atom. The van der Waals surface area contributed by atoms with E-state index >= 15 is 0 Å². The van der Waals surface area contributed by atoms with Crippen LogP contribution in [0.25, 0.3) is 11.0 Å². The zero-order valence-electron chi connectivity index (χ0n) is 20.7. The Morgan fingerprint density at radius 3 is 2.57 bits per heavy atom. The predicted molar refractivity (Wildman–Crippen MR) is 139 cm³/mol. The third-order valence-electron chi connectivity index (χ3n) is 6.08. The standard InChI is InChI=1S/C29H33N3O3/c1-21-10-15-27(22(2)20-21)35-19-7-6-18-32-26-9-5-4-8-25(26)31-28(32)16-17-30-29(33)23-11-13-24(34-3)14-12-23/h4-5,8-15,20H,6-7,16-19H2,1-3H3,(H,30,33). The van der Waals surface area contributed by atoms with Crippen molar-refractivity contribution in [3.63, 3.8) is 0 Å². The maximum Gasteiger partial charge on any atom is 0.251 e. The van der Waals surface area contributed by atoms with Gasteiger partial charge >= 0.3 is 0 Å². The van der Waals surface area contributed by atoms with E-state index in [1.807, 2.05) is 24.3 Å². The number of fused-ring (bicyclic) bond motifs is 1. The van der Waals surface area contributed by atoms with E-state index in [2.05, 4.69) is 41.9 Å². The van der Waals surface area contributed by atoms with Crippen LogP contribution in [0.3, 0.4) is 0 Å². The molecule has 0 fully saturated rings. The van der Waals surface area contributed by atoms with E-state index < -0.39 is 0 Å². The normalized spacial score (nSPS) is 10.9. The van der Waals surface area contributed by atoms with Gasteiger partial charge in [0, 0.05) is 25.1 Å². The van der Waals surface area contributed by atoms with Crippen LogP contribution in [-0.4, -0.2) is 35.7 Å². The van der Waals surface area contributed by atoms with Crippen molar-refractivity contribution < 1.29 is 14.3 Å². The Morgan fingerprint density at radius 2 is 1.80 bits per heavy atom. The molecule has 0 unspecified atom stereocenters. The fourth-order valence-electron chi connectivity index (χ4n) is 4.21. The van der Waals surface area contributed by atoms with Crippen LogP contribution in [0.15, 0.2) is 66.7 Å². The highest BCUT2D eigenvalue weighted by atomic mass is 16.5. The maximum absolute atomic E-state index is 12.5. The van der Waals surface area contributed by atoms with E-state index in [9.17, 15) is 4.79 Å². The van der Waals surface area contributed by atoms with Gasteiger partial charge in [0.15, 0.2) is 0 Å². The van der Waals surface area contributed by atoms with Crippen molar-refractivity contribution in [3.8, 4) is 11.5 Å². The number of unbranched alkanes of at least 4 members (excludes halogenated alkanes) is 1. The molecule has 3 aromatic carbocycles. The van der Waals surface area contributed by atoms with Gasteiger partial charge in [-0.3, -0.25) is 4.79 Å². The SMILES string of the molecule is COc1ccc(C(=O)NCCc2nc3ccccc3n2CCCCOc2ccc(C)cc2C)cc1. The van der Waals surface area contributed by atoms with Gasteiger partial charge < -0.3 is 19.4 Å². The summed E-state index contributed by atoms with van der Waals surface area (Å²) in [4.78, 5) is 17.3. The molecule has 0 aliphatic heterocycles. The minimum atomic E-state index is -0.0983. The molecule has 4 aromatic rings. The number of carbonyl (C=O) groups excluding carboxylic acids is 1. The van der Waals surface area contributed by atoms with E-state index in [0.717, 1.165) is 47.7 Å². The molecule has 0 bridgehead atoms. The Labute approximate surface area is 206 Å². The number of aromatic nitrogens is 2. The molecule has 182 valence electrons. The van der Waals surface area contributed by atoms with Crippen molar-refractivity contribution in [1.29, 1.82) is 0 Å². The van der Waals surface area contributed by atoms with Crippen molar-refractivity contribution in [2.24, 2.45) is 0 Å². The molecule has 0 aliphatic carbocycles. The second-order valence-electron chi connectivity index (χ2n) is 8.73. The van der Waals surface area contributed by atoms with Crippen molar-refractivity contribution in [3.05, 3.63) is 89.2 Å². The topological polar surface area (TPSA) is 65.4 Å². The lowest BCUT2D eigenvalue weighted by molar-refractivity contribution is 0.0954. The average molecular weight is 472 g/mol. The first-order valence-electron chi connectivity index (χ1n) is 12.1. The summed E-state index contributed by atoms with van der Waals surface area (Å²) in [6, 6.07) is 21.6. The molecule has 1 heterocycles. The zero-order chi connectivity index (χ0) is 24.6. The van der Waals surface area contributed by atoms with Gasteiger partial charge in [-0.25, -0.2) is 4.98 Å². The molecule has 35 heavy (non-hydrogen) atoms. The number of carbonyl (C=O) groups is 1. The molecular weight excluding hydrogens is 438 g/mol. The van der Waals surface area contributed by atoms with Gasteiger partial charge in [0.1, 0.15) is 17.3 Å². The zero-order valence-corrected chi connectivity index (χ0v) is 20.7. The number of rotatable bonds is 11. The Hall–Kier alpha value is -3.80. The molecular formula is C29H33N3O3. The van der Waals surface area contributed by atoms with Crippen LogP contribution in [0.1, 0.15) is 40.2 Å². The lowest BCUT2D eigenvalue weighted by Gasteiger charge is -2.12. The maximum atomic E-state index is 12.5. The number of ether oxygens (including phenoxy) is 2. The Balaban J connectivity index is 1.32. The lowest BCUT2D eigenvalue weighted by atomic mass is 10.1. The molecule has 1 aromatic heterocycles. The molecule has 0 aliphatic rings. The number of hydrogen-bond donors (Lipinski definition) is 1. The molecule has 0 spiro atoms. The lowest BCUT2D eigenvalue weighted by Crippen LogP contribution is -2.26. The molecule has 6 nitrogen and oxygen atoms in total. The first-order valence-corrected chi connectivity index (χ1v) is 12.1. The number of amides is 1. The van der Waals surface area contributed by atoms with Crippen LogP contribution in [0, 0.1) is 13.8 Å². The third kappa shape index (κ3) is 6.21. The molecule has 0 saturated heterocycles. The van der Waals surface area contributed by atoms with Crippen LogP contribution in [0.4, 0.5) is 0 Å². The number of aryl methyl sites for hydroxylation is 3. The molecule has 1 amide bonds. The summed E-state index contributed by atoms with van der Waals surface area (Å²) in [5.41, 5.74) is 5.14. The van der Waals surface area contributed by atoms with Gasteiger partial charge in [-0.1, -0.05) is 29.8 Å². The van der Waals surface area contributed by atoms with E-state index in [4.69, 9.17) is 14.5 Å². The number of methoxy groups -OCH3 is 1. The van der Waals surface area contributed by atoms with Crippen LogP contribution in [0.5, 0.6) is 11.5 Å². The van der Waals surface area contributed by atoms with Gasteiger partial charge in [0.05, 0.1) is 24.8 Å². The van der Waals surface area contributed by atoms with E-state index in [0.29, 0.717) is 25.1 Å². The third-order valence-corrected chi connectivity index (χ3v) is 6.08. The molecule has 0 saturated carbocycles. The molecule has 0 radical (unpaired) electrons.